The van der Waals surface area contributed by atoms with Crippen molar-refractivity contribution < 1.29 is 23.8 Å². The molecule has 0 N–H and O–H groups in total. The Morgan fingerprint density at radius 1 is 1.31 bits per heavy atom. The van der Waals surface area contributed by atoms with Crippen molar-refractivity contribution in [3.05, 3.63) is 22.4 Å². The summed E-state index contributed by atoms with van der Waals surface area (Å²) in [5.41, 5.74) is 0.881. The van der Waals surface area contributed by atoms with E-state index in [1.165, 1.54) is 11.3 Å². The van der Waals surface area contributed by atoms with Crippen LogP contribution in [0.5, 0.6) is 0 Å². The van der Waals surface area contributed by atoms with Gasteiger partial charge in [0.1, 0.15) is 0 Å². The molecule has 0 amide bonds. The van der Waals surface area contributed by atoms with Crippen molar-refractivity contribution in [3.8, 4) is 0 Å². The van der Waals surface area contributed by atoms with Gasteiger partial charge >= 0.3 is 12.1 Å². The third-order valence-corrected chi connectivity index (χ3v) is 2.32. The van der Waals surface area contributed by atoms with Crippen LogP contribution in [0.15, 0.2) is 16.8 Å². The van der Waals surface area contributed by atoms with Crippen molar-refractivity contribution in [3.63, 3.8) is 0 Å². The van der Waals surface area contributed by atoms with Crippen LogP contribution in [0.3, 0.4) is 0 Å². The summed E-state index contributed by atoms with van der Waals surface area (Å²) in [6.45, 7) is 1.47. The van der Waals surface area contributed by atoms with Crippen molar-refractivity contribution in [1.82, 2.24) is 0 Å². The molecule has 1 aromatic heterocycles. The molecule has 0 radical (unpaired) electrons. The summed E-state index contributed by atoms with van der Waals surface area (Å²) < 4.78 is 13.6. The molecule has 0 aromatic carbocycles. The molecule has 5 nitrogen and oxygen atoms in total. The molecule has 0 bridgehead atoms. The number of ether oxygens (including phenoxy) is 3. The average Bonchev–Trinajstić information content (AvgIpc) is 2.70. The van der Waals surface area contributed by atoms with E-state index < -0.39 is 18.9 Å². The molecule has 1 rings (SSSR count). The zero-order chi connectivity index (χ0) is 11.8. The maximum absolute atomic E-state index is 11.2. The smallest absolute Gasteiger partial charge is 0.435 e. The van der Waals surface area contributed by atoms with Crippen LogP contribution in [0.1, 0.15) is 12.5 Å². The van der Waals surface area contributed by atoms with Gasteiger partial charge in [-0.3, -0.25) is 4.79 Å². The highest BCUT2D eigenvalue weighted by atomic mass is 32.1. The largest absolute Gasteiger partial charge is 0.511 e. The van der Waals surface area contributed by atoms with Crippen molar-refractivity contribution in [2.45, 2.75) is 13.3 Å². The summed E-state index contributed by atoms with van der Waals surface area (Å²) in [5, 5.41) is 3.73. The number of carbonyl (C=O) groups is 2. The molecule has 16 heavy (non-hydrogen) atoms. The monoisotopic (exact) mass is 244 g/mol. The van der Waals surface area contributed by atoms with Crippen LogP contribution in [-0.2, 0) is 25.4 Å². The first kappa shape index (κ1) is 12.5. The van der Waals surface area contributed by atoms with Crippen molar-refractivity contribution in [1.29, 1.82) is 0 Å². The second kappa shape index (κ2) is 6.84. The third kappa shape index (κ3) is 4.79. The SMILES string of the molecule is CCOC(=O)OCOC(=O)Cc1ccsc1. The number of rotatable bonds is 5. The van der Waals surface area contributed by atoms with Gasteiger partial charge in [0.15, 0.2) is 0 Å². The highest BCUT2D eigenvalue weighted by molar-refractivity contribution is 7.07. The zero-order valence-electron chi connectivity index (χ0n) is 8.80. The Labute approximate surface area is 96.9 Å². The molecule has 0 aliphatic rings. The van der Waals surface area contributed by atoms with Crippen LogP contribution in [0.4, 0.5) is 4.79 Å². The minimum absolute atomic E-state index is 0.176. The second-order valence-electron chi connectivity index (χ2n) is 2.77. The highest BCUT2D eigenvalue weighted by Gasteiger charge is 2.07. The van der Waals surface area contributed by atoms with Gasteiger partial charge in [-0.2, -0.15) is 11.3 Å². The molecular weight excluding hydrogens is 232 g/mol. The first-order valence-electron chi connectivity index (χ1n) is 4.68. The normalized spacial score (nSPS) is 9.56. The van der Waals surface area contributed by atoms with E-state index in [4.69, 9.17) is 0 Å². The summed E-state index contributed by atoms with van der Waals surface area (Å²) in [6.07, 6.45) is -0.666. The van der Waals surface area contributed by atoms with E-state index in [1.54, 1.807) is 6.92 Å². The average molecular weight is 244 g/mol. The molecule has 0 aliphatic heterocycles. The van der Waals surface area contributed by atoms with Gasteiger partial charge in [0.2, 0.25) is 6.79 Å². The lowest BCUT2D eigenvalue weighted by atomic mass is 10.2. The van der Waals surface area contributed by atoms with Crippen molar-refractivity contribution in [2.75, 3.05) is 13.4 Å². The number of hydrogen-bond acceptors (Lipinski definition) is 6. The molecule has 0 saturated heterocycles. The molecule has 0 aliphatic carbocycles. The topological polar surface area (TPSA) is 61.8 Å². The number of esters is 1. The molecule has 0 unspecified atom stereocenters. The fraction of sp³-hybridized carbons (Fsp3) is 0.400. The second-order valence-corrected chi connectivity index (χ2v) is 3.55. The summed E-state index contributed by atoms with van der Waals surface area (Å²) in [5.74, 6) is -0.442. The Bertz CT molecular complexity index is 333. The third-order valence-electron chi connectivity index (χ3n) is 1.59. The summed E-state index contributed by atoms with van der Waals surface area (Å²) >= 11 is 1.50. The van der Waals surface area contributed by atoms with Gasteiger partial charge in [-0.15, -0.1) is 0 Å². The van der Waals surface area contributed by atoms with Crippen molar-refractivity contribution >= 4 is 23.5 Å². The molecule has 0 fully saturated rings. The fourth-order valence-corrected chi connectivity index (χ4v) is 1.58. The van der Waals surface area contributed by atoms with E-state index in [0.29, 0.717) is 0 Å². The lowest BCUT2D eigenvalue weighted by Gasteiger charge is -2.05. The van der Waals surface area contributed by atoms with Gasteiger partial charge in [0, 0.05) is 0 Å². The van der Waals surface area contributed by atoms with Crippen molar-refractivity contribution in [2.24, 2.45) is 0 Å². The van der Waals surface area contributed by atoms with Gasteiger partial charge in [-0.05, 0) is 29.3 Å². The van der Waals surface area contributed by atoms with Gasteiger partial charge in [-0.1, -0.05) is 0 Å². The minimum Gasteiger partial charge on any atom is -0.435 e. The number of carbonyl (C=O) groups excluding carboxylic acids is 2. The summed E-state index contributed by atoms with van der Waals surface area (Å²) in [7, 11) is 0. The predicted octanol–water partition coefficient (Wildman–Crippen LogP) is 1.96. The van der Waals surface area contributed by atoms with Gasteiger partial charge in [-0.25, -0.2) is 4.79 Å². The molecular formula is C10H12O5S. The van der Waals surface area contributed by atoms with E-state index in [9.17, 15) is 9.59 Å². The Balaban J connectivity index is 2.13. The molecule has 1 aromatic rings. The molecule has 0 spiro atoms. The Morgan fingerprint density at radius 3 is 2.75 bits per heavy atom. The maximum Gasteiger partial charge on any atom is 0.511 e. The molecule has 0 atom stereocenters. The zero-order valence-corrected chi connectivity index (χ0v) is 9.62. The van der Waals surface area contributed by atoms with Gasteiger partial charge in [0.05, 0.1) is 13.0 Å². The van der Waals surface area contributed by atoms with Crippen LogP contribution >= 0.6 is 11.3 Å². The molecule has 0 saturated carbocycles. The van der Waals surface area contributed by atoms with Crippen LogP contribution in [-0.4, -0.2) is 25.5 Å². The van der Waals surface area contributed by atoms with E-state index in [0.717, 1.165) is 5.56 Å². The maximum atomic E-state index is 11.2. The highest BCUT2D eigenvalue weighted by Crippen LogP contribution is 2.07. The Kier molecular flexibility index (Phi) is 5.35. The van der Waals surface area contributed by atoms with Crippen LogP contribution < -0.4 is 0 Å². The summed E-state index contributed by atoms with van der Waals surface area (Å²) in [6, 6.07) is 1.83. The van der Waals surface area contributed by atoms with Gasteiger partial charge < -0.3 is 14.2 Å². The standard InChI is InChI=1S/C10H12O5S/c1-2-13-10(12)15-7-14-9(11)5-8-3-4-16-6-8/h3-4,6H,2,5,7H2,1H3. The van der Waals surface area contributed by atoms with Crippen LogP contribution in [0.25, 0.3) is 0 Å². The first-order chi connectivity index (χ1) is 7.72. The Morgan fingerprint density at radius 2 is 2.12 bits per heavy atom. The summed E-state index contributed by atoms with van der Waals surface area (Å²) in [4.78, 5) is 21.9. The minimum atomic E-state index is -0.842. The lowest BCUT2D eigenvalue weighted by molar-refractivity contribution is -0.152. The molecule has 88 valence electrons. The van der Waals surface area contributed by atoms with Crippen LogP contribution in [0.2, 0.25) is 0 Å². The van der Waals surface area contributed by atoms with Crippen LogP contribution in [0, 0.1) is 0 Å². The Hall–Kier alpha value is -1.56. The fourth-order valence-electron chi connectivity index (χ4n) is 0.914. The quantitative estimate of drug-likeness (QED) is 0.585. The van der Waals surface area contributed by atoms with E-state index in [1.807, 2.05) is 16.8 Å². The lowest BCUT2D eigenvalue weighted by Crippen LogP contribution is -2.14. The van der Waals surface area contributed by atoms with E-state index in [2.05, 4.69) is 14.2 Å². The number of hydrogen-bond donors (Lipinski definition) is 0. The van der Waals surface area contributed by atoms with Gasteiger partial charge in [0.25, 0.3) is 0 Å². The van der Waals surface area contributed by atoms with E-state index >= 15 is 0 Å². The van der Waals surface area contributed by atoms with E-state index in [-0.39, 0.29) is 13.0 Å². The number of thiophene rings is 1. The molecule has 6 heteroatoms. The first-order valence-corrected chi connectivity index (χ1v) is 5.63. The molecule has 1 heterocycles. The predicted molar refractivity (Wildman–Crippen MR) is 57.1 cm³/mol.